The first-order valence-corrected chi connectivity index (χ1v) is 7.72. The van der Waals surface area contributed by atoms with Crippen LogP contribution in [-0.2, 0) is 9.53 Å². The lowest BCUT2D eigenvalue weighted by atomic mass is 10.0. The van der Waals surface area contributed by atoms with Crippen molar-refractivity contribution in [3.05, 3.63) is 0 Å². The van der Waals surface area contributed by atoms with Crippen molar-refractivity contribution in [3.8, 4) is 0 Å². The van der Waals surface area contributed by atoms with E-state index in [1.54, 1.807) is 0 Å². The maximum absolute atomic E-state index is 12.3. The molecule has 1 amide bonds. The van der Waals surface area contributed by atoms with Gasteiger partial charge in [-0.15, -0.1) is 0 Å². The number of rotatable bonds is 4. The molecule has 0 spiro atoms. The Labute approximate surface area is 116 Å². The maximum Gasteiger partial charge on any atom is 0.225 e. The summed E-state index contributed by atoms with van der Waals surface area (Å²) in [4.78, 5) is 14.4. The molecule has 2 fully saturated rings. The van der Waals surface area contributed by atoms with Gasteiger partial charge in [-0.05, 0) is 38.0 Å². The van der Waals surface area contributed by atoms with Crippen LogP contribution in [0.15, 0.2) is 0 Å². The fraction of sp³-hybridized carbons (Fsp3) is 0.933. The monoisotopic (exact) mass is 268 g/mol. The Morgan fingerprint density at radius 3 is 2.47 bits per heavy atom. The molecule has 110 valence electrons. The Hall–Kier alpha value is -0.610. The number of carbonyl (C=O) groups is 1. The van der Waals surface area contributed by atoms with Crippen molar-refractivity contribution in [2.24, 2.45) is 17.6 Å². The molecule has 2 unspecified atom stereocenters. The number of piperidine rings is 1. The van der Waals surface area contributed by atoms with Crippen LogP contribution in [0.25, 0.3) is 0 Å². The molecule has 0 bridgehead atoms. The lowest BCUT2D eigenvalue weighted by Gasteiger charge is -2.33. The molecule has 2 rings (SSSR count). The molecular weight excluding hydrogens is 240 g/mol. The Balaban J connectivity index is 1.72. The first-order chi connectivity index (χ1) is 9.06. The number of nitrogens with zero attached hydrogens (tertiary/aromatic N) is 1. The molecule has 1 aliphatic heterocycles. The normalized spacial score (nSPS) is 29.2. The largest absolute Gasteiger partial charge is 0.378 e. The summed E-state index contributed by atoms with van der Waals surface area (Å²) in [5.74, 6) is 1.10. The molecule has 19 heavy (non-hydrogen) atoms. The van der Waals surface area contributed by atoms with Crippen molar-refractivity contribution in [2.45, 2.75) is 58.1 Å². The van der Waals surface area contributed by atoms with Crippen molar-refractivity contribution in [1.82, 2.24) is 4.90 Å². The molecule has 1 aliphatic carbocycles. The van der Waals surface area contributed by atoms with Gasteiger partial charge in [0.05, 0.1) is 6.10 Å². The summed E-state index contributed by atoms with van der Waals surface area (Å²) in [5.41, 5.74) is 5.89. The molecular formula is C15H28N2O2. The minimum Gasteiger partial charge on any atom is -0.378 e. The number of ether oxygens (including phenoxy) is 1. The SMILES string of the molecule is CC(C)COC1CCN(C(=O)C2CCC(N)C2)CC1. The summed E-state index contributed by atoms with van der Waals surface area (Å²) < 4.78 is 5.86. The van der Waals surface area contributed by atoms with E-state index in [0.29, 0.717) is 17.9 Å². The van der Waals surface area contributed by atoms with Crippen LogP contribution in [-0.4, -0.2) is 42.6 Å². The summed E-state index contributed by atoms with van der Waals surface area (Å²) in [6.45, 7) is 6.88. The number of amides is 1. The van der Waals surface area contributed by atoms with Crippen molar-refractivity contribution in [2.75, 3.05) is 19.7 Å². The predicted octanol–water partition coefficient (Wildman–Crippen LogP) is 1.78. The quantitative estimate of drug-likeness (QED) is 0.845. The van der Waals surface area contributed by atoms with Gasteiger partial charge in [-0.25, -0.2) is 0 Å². The van der Waals surface area contributed by atoms with Crippen LogP contribution in [0.3, 0.4) is 0 Å². The second kappa shape index (κ2) is 6.71. The Kier molecular flexibility index (Phi) is 5.22. The van der Waals surface area contributed by atoms with Gasteiger partial charge in [-0.1, -0.05) is 13.8 Å². The van der Waals surface area contributed by atoms with Crippen LogP contribution in [0.4, 0.5) is 0 Å². The first-order valence-electron chi connectivity index (χ1n) is 7.72. The smallest absolute Gasteiger partial charge is 0.225 e. The highest BCUT2D eigenvalue weighted by atomic mass is 16.5. The number of carbonyl (C=O) groups excluding carboxylic acids is 1. The molecule has 2 N–H and O–H groups in total. The van der Waals surface area contributed by atoms with Gasteiger partial charge in [0, 0.05) is 31.7 Å². The van der Waals surface area contributed by atoms with Gasteiger partial charge in [0.25, 0.3) is 0 Å². The highest BCUT2D eigenvalue weighted by Gasteiger charge is 2.32. The van der Waals surface area contributed by atoms with E-state index in [2.05, 4.69) is 13.8 Å². The fourth-order valence-corrected chi connectivity index (χ4v) is 3.07. The summed E-state index contributed by atoms with van der Waals surface area (Å²) >= 11 is 0. The molecule has 2 aliphatic rings. The van der Waals surface area contributed by atoms with Crippen molar-refractivity contribution < 1.29 is 9.53 Å². The summed E-state index contributed by atoms with van der Waals surface area (Å²) in [7, 11) is 0. The third kappa shape index (κ3) is 4.18. The number of nitrogens with two attached hydrogens (primary N) is 1. The van der Waals surface area contributed by atoms with Gasteiger partial charge in [-0.2, -0.15) is 0 Å². The Morgan fingerprint density at radius 1 is 1.26 bits per heavy atom. The fourth-order valence-electron chi connectivity index (χ4n) is 3.07. The second-order valence-corrected chi connectivity index (χ2v) is 6.52. The van der Waals surface area contributed by atoms with Gasteiger partial charge in [0.15, 0.2) is 0 Å². The van der Waals surface area contributed by atoms with E-state index >= 15 is 0 Å². The highest BCUT2D eigenvalue weighted by Crippen LogP contribution is 2.27. The maximum atomic E-state index is 12.3. The molecule has 0 radical (unpaired) electrons. The standard InChI is InChI=1S/C15H28N2O2/c1-11(2)10-19-14-5-7-17(8-6-14)15(18)12-3-4-13(16)9-12/h11-14H,3-10,16H2,1-2H3. The zero-order valence-electron chi connectivity index (χ0n) is 12.3. The van der Waals surface area contributed by atoms with E-state index in [-0.39, 0.29) is 12.0 Å². The van der Waals surface area contributed by atoms with E-state index in [9.17, 15) is 4.79 Å². The third-order valence-corrected chi connectivity index (χ3v) is 4.24. The van der Waals surface area contributed by atoms with Crippen LogP contribution in [0.1, 0.15) is 46.0 Å². The zero-order chi connectivity index (χ0) is 13.8. The van der Waals surface area contributed by atoms with Crippen molar-refractivity contribution in [1.29, 1.82) is 0 Å². The molecule has 4 nitrogen and oxygen atoms in total. The second-order valence-electron chi connectivity index (χ2n) is 6.52. The average Bonchev–Trinajstić information content (AvgIpc) is 2.83. The van der Waals surface area contributed by atoms with E-state index < -0.39 is 0 Å². The zero-order valence-corrected chi connectivity index (χ0v) is 12.3. The number of hydrogen-bond donors (Lipinski definition) is 1. The molecule has 1 saturated carbocycles. The summed E-state index contributed by atoms with van der Waals surface area (Å²) in [6, 6.07) is 0.237. The van der Waals surface area contributed by atoms with Gasteiger partial charge < -0.3 is 15.4 Å². The van der Waals surface area contributed by atoms with Crippen LogP contribution in [0, 0.1) is 11.8 Å². The van der Waals surface area contributed by atoms with Crippen LogP contribution < -0.4 is 5.73 Å². The molecule has 0 aromatic rings. The van der Waals surface area contributed by atoms with Crippen LogP contribution in [0.5, 0.6) is 0 Å². The van der Waals surface area contributed by atoms with Crippen molar-refractivity contribution in [3.63, 3.8) is 0 Å². The first kappa shape index (κ1) is 14.8. The number of hydrogen-bond acceptors (Lipinski definition) is 3. The average molecular weight is 268 g/mol. The molecule has 0 aromatic carbocycles. The van der Waals surface area contributed by atoms with Gasteiger partial charge in [0.2, 0.25) is 5.91 Å². The highest BCUT2D eigenvalue weighted by molar-refractivity contribution is 5.79. The van der Waals surface area contributed by atoms with Gasteiger partial charge in [0.1, 0.15) is 0 Å². The van der Waals surface area contributed by atoms with E-state index in [4.69, 9.17) is 10.5 Å². The minimum atomic E-state index is 0.183. The Morgan fingerprint density at radius 2 is 1.95 bits per heavy atom. The summed E-state index contributed by atoms with van der Waals surface area (Å²) in [6.07, 6.45) is 5.17. The topological polar surface area (TPSA) is 55.6 Å². The van der Waals surface area contributed by atoms with E-state index in [1.807, 2.05) is 4.90 Å². The molecule has 2 atom stereocenters. The molecule has 0 aromatic heterocycles. The lowest BCUT2D eigenvalue weighted by molar-refractivity contribution is -0.138. The molecule has 1 heterocycles. The number of likely N-dealkylation sites (tertiary alicyclic amines) is 1. The van der Waals surface area contributed by atoms with Crippen LogP contribution >= 0.6 is 0 Å². The lowest BCUT2D eigenvalue weighted by Crippen LogP contribution is -2.43. The predicted molar refractivity (Wildman–Crippen MR) is 75.7 cm³/mol. The third-order valence-electron chi connectivity index (χ3n) is 4.24. The van der Waals surface area contributed by atoms with E-state index in [1.165, 1.54) is 0 Å². The minimum absolute atomic E-state index is 0.183. The molecule has 4 heteroatoms. The van der Waals surface area contributed by atoms with E-state index in [0.717, 1.165) is 51.8 Å². The summed E-state index contributed by atoms with van der Waals surface area (Å²) in [5, 5.41) is 0. The van der Waals surface area contributed by atoms with Gasteiger partial charge >= 0.3 is 0 Å². The van der Waals surface area contributed by atoms with Crippen molar-refractivity contribution >= 4 is 5.91 Å². The Bertz CT molecular complexity index is 299. The van der Waals surface area contributed by atoms with Gasteiger partial charge in [-0.3, -0.25) is 4.79 Å². The van der Waals surface area contributed by atoms with Crippen LogP contribution in [0.2, 0.25) is 0 Å². The molecule has 1 saturated heterocycles.